The molecule has 2 unspecified atom stereocenters. The Bertz CT molecular complexity index is 209. The summed E-state index contributed by atoms with van der Waals surface area (Å²) < 4.78 is 4.77. The smallest absolute Gasteiger partial charge is 0.409 e. The van der Waals surface area contributed by atoms with Gasteiger partial charge in [-0.2, -0.15) is 0 Å². The average Bonchev–Trinajstić information content (AvgIpc) is 2.52. The Kier molecular flexibility index (Phi) is 4.88. The summed E-state index contributed by atoms with van der Waals surface area (Å²) in [6, 6.07) is 0.454. The molecule has 0 radical (unpaired) electrons. The van der Waals surface area contributed by atoms with E-state index in [0.717, 1.165) is 19.5 Å². The van der Waals surface area contributed by atoms with Gasteiger partial charge in [0.05, 0.1) is 7.11 Å². The zero-order valence-electron chi connectivity index (χ0n) is 9.95. The fraction of sp³-hybridized carbons (Fsp3) is 0.909. The maximum atomic E-state index is 11.5. The lowest BCUT2D eigenvalue weighted by atomic mass is 9.96. The number of carbonyl (C=O) groups excluding carboxylic acids is 1. The molecular weight excluding hydrogens is 192 g/mol. The van der Waals surface area contributed by atoms with Gasteiger partial charge in [-0.15, -0.1) is 0 Å². The summed E-state index contributed by atoms with van der Waals surface area (Å²) in [4.78, 5) is 13.3. The fourth-order valence-electron chi connectivity index (χ4n) is 2.11. The van der Waals surface area contributed by atoms with Crippen LogP contribution in [0.15, 0.2) is 0 Å². The van der Waals surface area contributed by atoms with Gasteiger partial charge in [0, 0.05) is 19.1 Å². The molecule has 88 valence electrons. The highest BCUT2D eigenvalue weighted by Crippen LogP contribution is 2.19. The minimum atomic E-state index is -0.190. The number of ether oxygens (including phenoxy) is 1. The molecule has 1 fully saturated rings. The highest BCUT2D eigenvalue weighted by atomic mass is 16.5. The third kappa shape index (κ3) is 3.38. The van der Waals surface area contributed by atoms with E-state index < -0.39 is 0 Å². The van der Waals surface area contributed by atoms with Crippen LogP contribution in [0.5, 0.6) is 0 Å². The largest absolute Gasteiger partial charge is 0.453 e. The predicted octanol–water partition coefficient (Wildman–Crippen LogP) is 1.46. The lowest BCUT2D eigenvalue weighted by Crippen LogP contribution is -2.40. The van der Waals surface area contributed by atoms with Crippen LogP contribution < -0.4 is 5.32 Å². The van der Waals surface area contributed by atoms with E-state index in [1.807, 2.05) is 11.9 Å². The predicted molar refractivity (Wildman–Crippen MR) is 59.8 cm³/mol. The van der Waals surface area contributed by atoms with E-state index in [4.69, 9.17) is 4.74 Å². The van der Waals surface area contributed by atoms with Gasteiger partial charge in [-0.05, 0) is 32.7 Å². The minimum Gasteiger partial charge on any atom is -0.453 e. The molecule has 4 nitrogen and oxygen atoms in total. The molecule has 0 saturated carbocycles. The van der Waals surface area contributed by atoms with Crippen molar-refractivity contribution in [2.24, 2.45) is 5.92 Å². The molecule has 0 bridgehead atoms. The zero-order valence-corrected chi connectivity index (χ0v) is 9.95. The van der Waals surface area contributed by atoms with Crippen LogP contribution in [0.25, 0.3) is 0 Å². The molecule has 0 aromatic carbocycles. The molecule has 1 heterocycles. The third-order valence-corrected chi connectivity index (χ3v) is 3.30. The second-order valence-electron chi connectivity index (χ2n) is 4.25. The standard InChI is InChI=1S/C11H22N2O2/c1-9(12-2)10-6-4-5-7-13(8-10)11(14)15-3/h9-10,12H,4-8H2,1-3H3. The molecule has 15 heavy (non-hydrogen) atoms. The summed E-state index contributed by atoms with van der Waals surface area (Å²) in [6.07, 6.45) is 3.28. The van der Waals surface area contributed by atoms with E-state index in [9.17, 15) is 4.79 Å². The maximum Gasteiger partial charge on any atom is 0.409 e. The SMILES string of the molecule is CNC(C)C1CCCCN(C(=O)OC)C1. The van der Waals surface area contributed by atoms with Crippen LogP contribution in [-0.2, 0) is 4.74 Å². The molecule has 1 saturated heterocycles. The van der Waals surface area contributed by atoms with E-state index in [-0.39, 0.29) is 6.09 Å². The molecule has 1 aliphatic heterocycles. The normalized spacial score (nSPS) is 24.5. The molecule has 0 aliphatic carbocycles. The molecule has 0 spiro atoms. The van der Waals surface area contributed by atoms with Crippen molar-refractivity contribution in [3.8, 4) is 0 Å². The van der Waals surface area contributed by atoms with Gasteiger partial charge in [0.1, 0.15) is 0 Å². The van der Waals surface area contributed by atoms with Crippen molar-refractivity contribution in [1.29, 1.82) is 0 Å². The van der Waals surface area contributed by atoms with Gasteiger partial charge in [-0.1, -0.05) is 6.42 Å². The first kappa shape index (κ1) is 12.3. The van der Waals surface area contributed by atoms with Gasteiger partial charge >= 0.3 is 6.09 Å². The first-order valence-corrected chi connectivity index (χ1v) is 5.69. The van der Waals surface area contributed by atoms with Crippen LogP contribution in [0.2, 0.25) is 0 Å². The summed E-state index contributed by atoms with van der Waals surface area (Å²) in [6.45, 7) is 3.82. The third-order valence-electron chi connectivity index (χ3n) is 3.30. The summed E-state index contributed by atoms with van der Waals surface area (Å²) in [7, 11) is 3.42. The van der Waals surface area contributed by atoms with E-state index in [2.05, 4.69) is 12.2 Å². The maximum absolute atomic E-state index is 11.5. The summed E-state index contributed by atoms with van der Waals surface area (Å²) in [5.74, 6) is 0.539. The molecule has 1 rings (SSSR count). The Labute approximate surface area is 92.0 Å². The molecule has 0 aromatic heterocycles. The summed E-state index contributed by atoms with van der Waals surface area (Å²) in [5.41, 5.74) is 0. The quantitative estimate of drug-likeness (QED) is 0.756. The van der Waals surface area contributed by atoms with Gasteiger partial charge in [0.2, 0.25) is 0 Å². The van der Waals surface area contributed by atoms with Gasteiger partial charge < -0.3 is 15.0 Å². The number of carbonyl (C=O) groups is 1. The second kappa shape index (κ2) is 5.95. The Balaban J connectivity index is 2.56. The van der Waals surface area contributed by atoms with Crippen molar-refractivity contribution in [3.05, 3.63) is 0 Å². The number of rotatable bonds is 2. The Morgan fingerprint density at radius 3 is 2.87 bits per heavy atom. The molecule has 1 amide bonds. The number of nitrogens with zero attached hydrogens (tertiary/aromatic N) is 1. The van der Waals surface area contributed by atoms with Crippen molar-refractivity contribution >= 4 is 6.09 Å². The fourth-order valence-corrected chi connectivity index (χ4v) is 2.11. The van der Waals surface area contributed by atoms with E-state index >= 15 is 0 Å². The van der Waals surface area contributed by atoms with E-state index in [0.29, 0.717) is 12.0 Å². The molecule has 1 N–H and O–H groups in total. The molecular formula is C11H22N2O2. The number of nitrogens with one attached hydrogen (secondary N) is 1. The van der Waals surface area contributed by atoms with Crippen molar-refractivity contribution < 1.29 is 9.53 Å². The monoisotopic (exact) mass is 214 g/mol. The molecule has 2 atom stereocenters. The lowest BCUT2D eigenvalue weighted by molar-refractivity contribution is 0.117. The van der Waals surface area contributed by atoms with Crippen molar-refractivity contribution in [3.63, 3.8) is 0 Å². The van der Waals surface area contributed by atoms with Crippen LogP contribution in [0.4, 0.5) is 4.79 Å². The van der Waals surface area contributed by atoms with Crippen LogP contribution in [0.1, 0.15) is 26.2 Å². The van der Waals surface area contributed by atoms with Crippen molar-refractivity contribution in [2.75, 3.05) is 27.2 Å². The Morgan fingerprint density at radius 2 is 2.27 bits per heavy atom. The minimum absolute atomic E-state index is 0.190. The summed E-state index contributed by atoms with van der Waals surface area (Å²) in [5, 5.41) is 3.26. The van der Waals surface area contributed by atoms with E-state index in [1.165, 1.54) is 20.0 Å². The highest BCUT2D eigenvalue weighted by molar-refractivity contribution is 5.67. The van der Waals surface area contributed by atoms with Gasteiger partial charge in [0.15, 0.2) is 0 Å². The molecule has 0 aromatic rings. The van der Waals surface area contributed by atoms with Gasteiger partial charge in [-0.3, -0.25) is 0 Å². The summed E-state index contributed by atoms with van der Waals surface area (Å²) >= 11 is 0. The number of methoxy groups -OCH3 is 1. The molecule has 1 aliphatic rings. The highest BCUT2D eigenvalue weighted by Gasteiger charge is 2.25. The number of hydrogen-bond donors (Lipinski definition) is 1. The second-order valence-corrected chi connectivity index (χ2v) is 4.25. The van der Waals surface area contributed by atoms with Crippen LogP contribution >= 0.6 is 0 Å². The van der Waals surface area contributed by atoms with Crippen LogP contribution in [-0.4, -0.2) is 44.3 Å². The number of likely N-dealkylation sites (tertiary alicyclic amines) is 1. The van der Waals surface area contributed by atoms with Gasteiger partial charge in [-0.25, -0.2) is 4.79 Å². The van der Waals surface area contributed by atoms with Crippen LogP contribution in [0, 0.1) is 5.92 Å². The first-order chi connectivity index (χ1) is 7.19. The molecule has 4 heteroatoms. The van der Waals surface area contributed by atoms with Crippen molar-refractivity contribution in [1.82, 2.24) is 10.2 Å². The Hall–Kier alpha value is -0.770. The lowest BCUT2D eigenvalue weighted by Gasteiger charge is -2.27. The van der Waals surface area contributed by atoms with E-state index in [1.54, 1.807) is 0 Å². The van der Waals surface area contributed by atoms with Gasteiger partial charge in [0.25, 0.3) is 0 Å². The number of hydrogen-bond acceptors (Lipinski definition) is 3. The average molecular weight is 214 g/mol. The topological polar surface area (TPSA) is 41.6 Å². The van der Waals surface area contributed by atoms with Crippen LogP contribution in [0.3, 0.4) is 0 Å². The first-order valence-electron chi connectivity index (χ1n) is 5.69. The van der Waals surface area contributed by atoms with Crippen molar-refractivity contribution in [2.45, 2.75) is 32.2 Å². The zero-order chi connectivity index (χ0) is 11.3. The Morgan fingerprint density at radius 1 is 1.53 bits per heavy atom. The number of amides is 1.